The number of carbonyl (C=O) groups excluding carboxylic acids is 1. The Balaban J connectivity index is 1.78. The second-order valence-corrected chi connectivity index (χ2v) is 5.80. The van der Waals surface area contributed by atoms with E-state index >= 15 is 0 Å². The van der Waals surface area contributed by atoms with Crippen LogP contribution in [0.3, 0.4) is 0 Å². The number of nitro benzene ring substituents is 1. The number of methoxy groups -OCH3 is 1. The zero-order chi connectivity index (χ0) is 18.9. The number of hydrogen-bond acceptors (Lipinski definition) is 5. The minimum absolute atomic E-state index is 0.0276. The Kier molecular flexibility index (Phi) is 6.84. The number of nitrogens with zero attached hydrogens (tertiary/aromatic N) is 2. The lowest BCUT2D eigenvalue weighted by atomic mass is 10.1. The summed E-state index contributed by atoms with van der Waals surface area (Å²) in [6.45, 7) is 1.67. The van der Waals surface area contributed by atoms with Crippen LogP contribution in [0.15, 0.2) is 47.6 Å². The van der Waals surface area contributed by atoms with Crippen LogP contribution in [-0.2, 0) is 11.2 Å². The summed E-state index contributed by atoms with van der Waals surface area (Å²) in [4.78, 5) is 22.3. The fourth-order valence-corrected chi connectivity index (χ4v) is 2.38. The molecule has 7 nitrogen and oxygen atoms in total. The molecule has 7 heteroatoms. The summed E-state index contributed by atoms with van der Waals surface area (Å²) in [5.74, 6) is 0.605. The van der Waals surface area contributed by atoms with Crippen molar-refractivity contribution < 1.29 is 14.5 Å². The molecule has 0 atom stereocenters. The van der Waals surface area contributed by atoms with Crippen LogP contribution in [-0.4, -0.2) is 24.2 Å². The molecule has 0 saturated heterocycles. The van der Waals surface area contributed by atoms with Crippen LogP contribution in [0.1, 0.15) is 29.5 Å². The van der Waals surface area contributed by atoms with Crippen molar-refractivity contribution in [1.82, 2.24) is 5.43 Å². The first-order valence-electron chi connectivity index (χ1n) is 8.19. The van der Waals surface area contributed by atoms with Crippen molar-refractivity contribution in [3.05, 3.63) is 69.3 Å². The van der Waals surface area contributed by atoms with E-state index in [1.807, 2.05) is 24.3 Å². The number of carbonyl (C=O) groups is 1. The van der Waals surface area contributed by atoms with Gasteiger partial charge in [0, 0.05) is 23.6 Å². The highest BCUT2D eigenvalue weighted by atomic mass is 16.6. The predicted molar refractivity (Wildman–Crippen MR) is 99.5 cm³/mol. The van der Waals surface area contributed by atoms with Gasteiger partial charge in [-0.1, -0.05) is 24.3 Å². The van der Waals surface area contributed by atoms with E-state index in [2.05, 4.69) is 10.5 Å². The van der Waals surface area contributed by atoms with Gasteiger partial charge in [0.2, 0.25) is 5.91 Å². The summed E-state index contributed by atoms with van der Waals surface area (Å²) < 4.78 is 5.10. The van der Waals surface area contributed by atoms with Crippen molar-refractivity contribution in [2.75, 3.05) is 7.11 Å². The Morgan fingerprint density at radius 1 is 1.27 bits per heavy atom. The quantitative estimate of drug-likeness (QED) is 0.446. The van der Waals surface area contributed by atoms with Gasteiger partial charge in [-0.25, -0.2) is 5.43 Å². The second kappa shape index (κ2) is 9.31. The van der Waals surface area contributed by atoms with E-state index in [9.17, 15) is 14.9 Å². The van der Waals surface area contributed by atoms with Gasteiger partial charge in [-0.05, 0) is 37.5 Å². The van der Waals surface area contributed by atoms with Crippen molar-refractivity contribution in [3.63, 3.8) is 0 Å². The second-order valence-electron chi connectivity index (χ2n) is 5.80. The Morgan fingerprint density at radius 3 is 2.65 bits per heavy atom. The fourth-order valence-electron chi connectivity index (χ4n) is 2.38. The van der Waals surface area contributed by atoms with E-state index in [0.29, 0.717) is 24.0 Å². The number of hydrazone groups is 1. The first-order valence-corrected chi connectivity index (χ1v) is 8.19. The third-order valence-electron chi connectivity index (χ3n) is 3.86. The lowest BCUT2D eigenvalue weighted by molar-refractivity contribution is -0.385. The fraction of sp³-hybridized carbons (Fsp3) is 0.263. The van der Waals surface area contributed by atoms with Gasteiger partial charge in [-0.3, -0.25) is 14.9 Å². The molecule has 0 aliphatic rings. The molecule has 0 unspecified atom stereocenters. The number of nitro groups is 1. The molecule has 0 aliphatic heterocycles. The van der Waals surface area contributed by atoms with Gasteiger partial charge in [-0.2, -0.15) is 5.10 Å². The highest BCUT2D eigenvalue weighted by molar-refractivity contribution is 5.83. The molecule has 0 heterocycles. The molecule has 1 amide bonds. The molecule has 26 heavy (non-hydrogen) atoms. The summed E-state index contributed by atoms with van der Waals surface area (Å²) in [5, 5.41) is 14.8. The van der Waals surface area contributed by atoms with Crippen LogP contribution in [0.2, 0.25) is 0 Å². The molecular formula is C19H21N3O4. The third kappa shape index (κ3) is 5.70. The Morgan fingerprint density at radius 2 is 2.00 bits per heavy atom. The molecule has 0 aromatic heterocycles. The normalized spacial score (nSPS) is 10.7. The third-order valence-corrected chi connectivity index (χ3v) is 3.86. The Labute approximate surface area is 151 Å². The maximum Gasteiger partial charge on any atom is 0.272 e. The number of ether oxygens (including phenoxy) is 1. The van der Waals surface area contributed by atoms with Crippen LogP contribution in [0, 0.1) is 17.0 Å². The zero-order valence-electron chi connectivity index (χ0n) is 14.8. The summed E-state index contributed by atoms with van der Waals surface area (Å²) >= 11 is 0. The molecule has 0 aliphatic carbocycles. The SMILES string of the molecule is COc1ccc(CCCC(=O)NN=Cc2ccc(C)c([N+](=O)[O-])c2)cc1. The molecule has 136 valence electrons. The van der Waals surface area contributed by atoms with Crippen molar-refractivity contribution >= 4 is 17.8 Å². The van der Waals surface area contributed by atoms with E-state index in [0.717, 1.165) is 17.7 Å². The number of rotatable bonds is 8. The standard InChI is InChI=1S/C19H21N3O4/c1-14-6-7-16(12-18(14)22(24)25)13-20-21-19(23)5-3-4-15-8-10-17(26-2)11-9-15/h6-13H,3-5H2,1-2H3,(H,21,23). The highest BCUT2D eigenvalue weighted by Crippen LogP contribution is 2.18. The van der Waals surface area contributed by atoms with Crippen molar-refractivity contribution in [2.45, 2.75) is 26.2 Å². The number of hydrogen-bond donors (Lipinski definition) is 1. The van der Waals surface area contributed by atoms with E-state index in [-0.39, 0.29) is 11.6 Å². The van der Waals surface area contributed by atoms with Gasteiger partial charge < -0.3 is 4.74 Å². The van der Waals surface area contributed by atoms with Crippen LogP contribution in [0.4, 0.5) is 5.69 Å². The Bertz CT molecular complexity index is 801. The van der Waals surface area contributed by atoms with Crippen LogP contribution < -0.4 is 10.2 Å². The molecular weight excluding hydrogens is 334 g/mol. The van der Waals surface area contributed by atoms with Gasteiger partial charge in [0.1, 0.15) is 5.75 Å². The first-order chi connectivity index (χ1) is 12.5. The first kappa shape index (κ1) is 19.1. The maximum absolute atomic E-state index is 11.8. The minimum atomic E-state index is -0.440. The molecule has 1 N–H and O–H groups in total. The molecule has 0 fully saturated rings. The molecule has 0 bridgehead atoms. The average molecular weight is 355 g/mol. The molecule has 2 rings (SSSR count). The molecule has 2 aromatic carbocycles. The lowest BCUT2D eigenvalue weighted by Gasteiger charge is -2.03. The van der Waals surface area contributed by atoms with Crippen molar-refractivity contribution in [1.29, 1.82) is 0 Å². The summed E-state index contributed by atoms with van der Waals surface area (Å²) in [7, 11) is 1.62. The van der Waals surface area contributed by atoms with Crippen LogP contribution in [0.25, 0.3) is 0 Å². The van der Waals surface area contributed by atoms with Gasteiger partial charge in [0.25, 0.3) is 5.69 Å². The number of aryl methyl sites for hydroxylation is 2. The van der Waals surface area contributed by atoms with Crippen LogP contribution in [0.5, 0.6) is 5.75 Å². The smallest absolute Gasteiger partial charge is 0.272 e. The van der Waals surface area contributed by atoms with E-state index in [1.165, 1.54) is 12.3 Å². The van der Waals surface area contributed by atoms with Crippen LogP contribution >= 0.6 is 0 Å². The minimum Gasteiger partial charge on any atom is -0.497 e. The average Bonchev–Trinajstić information content (AvgIpc) is 2.63. The predicted octanol–water partition coefficient (Wildman–Crippen LogP) is 3.38. The largest absolute Gasteiger partial charge is 0.497 e. The molecule has 0 radical (unpaired) electrons. The number of amides is 1. The summed E-state index contributed by atoms with van der Waals surface area (Å²) in [6.07, 6.45) is 3.22. The molecule has 2 aromatic rings. The molecule has 0 saturated carbocycles. The van der Waals surface area contributed by atoms with Gasteiger partial charge >= 0.3 is 0 Å². The maximum atomic E-state index is 11.8. The lowest BCUT2D eigenvalue weighted by Crippen LogP contribution is -2.17. The van der Waals surface area contributed by atoms with Gasteiger partial charge in [-0.15, -0.1) is 0 Å². The summed E-state index contributed by atoms with van der Waals surface area (Å²) in [5.41, 5.74) is 4.74. The zero-order valence-corrected chi connectivity index (χ0v) is 14.8. The van der Waals surface area contributed by atoms with Gasteiger partial charge in [0.15, 0.2) is 0 Å². The van der Waals surface area contributed by atoms with E-state index < -0.39 is 4.92 Å². The number of benzene rings is 2. The molecule has 0 spiro atoms. The summed E-state index contributed by atoms with van der Waals surface area (Å²) in [6, 6.07) is 12.5. The van der Waals surface area contributed by atoms with Crippen molar-refractivity contribution in [3.8, 4) is 5.75 Å². The monoisotopic (exact) mass is 355 g/mol. The highest BCUT2D eigenvalue weighted by Gasteiger charge is 2.10. The topological polar surface area (TPSA) is 93.8 Å². The van der Waals surface area contributed by atoms with Gasteiger partial charge in [0.05, 0.1) is 18.2 Å². The number of nitrogens with one attached hydrogen (secondary N) is 1. The van der Waals surface area contributed by atoms with Crippen molar-refractivity contribution in [2.24, 2.45) is 5.10 Å². The Hall–Kier alpha value is -3.22. The van der Waals surface area contributed by atoms with E-state index in [4.69, 9.17) is 4.74 Å². The van der Waals surface area contributed by atoms with E-state index in [1.54, 1.807) is 26.2 Å².